The molecule has 4 aromatic carbocycles. The van der Waals surface area contributed by atoms with Gasteiger partial charge in [-0.15, -0.1) is 0 Å². The topological polar surface area (TPSA) is 135 Å². The van der Waals surface area contributed by atoms with Crippen molar-refractivity contribution in [2.75, 3.05) is 20.3 Å². The summed E-state index contributed by atoms with van der Waals surface area (Å²) >= 11 is 0. The first-order valence-electron chi connectivity index (χ1n) is 17.7. The van der Waals surface area contributed by atoms with Gasteiger partial charge >= 0.3 is 12.1 Å². The molecule has 0 N–H and O–H groups in total. The molecule has 54 heavy (non-hydrogen) atoms. The maximum Gasteiger partial charge on any atom is 0.411 e. The van der Waals surface area contributed by atoms with E-state index in [0.29, 0.717) is 17.9 Å². The minimum atomic E-state index is -1.94. The molecule has 0 saturated heterocycles. The number of esters is 1. The van der Waals surface area contributed by atoms with Crippen molar-refractivity contribution in [1.29, 1.82) is 0 Å². The highest BCUT2D eigenvalue weighted by Gasteiger charge is 2.60. The molecule has 12 heteroatoms. The van der Waals surface area contributed by atoms with Gasteiger partial charge in [-0.2, -0.15) is 0 Å². The predicted octanol–water partition coefficient (Wildman–Crippen LogP) is 6.46. The lowest BCUT2D eigenvalue weighted by Gasteiger charge is -2.46. The minimum absolute atomic E-state index is 0.0188. The van der Waals surface area contributed by atoms with Gasteiger partial charge in [0.15, 0.2) is 5.54 Å². The van der Waals surface area contributed by atoms with Crippen molar-refractivity contribution in [3.05, 3.63) is 190 Å². The van der Waals surface area contributed by atoms with Gasteiger partial charge in [0, 0.05) is 24.1 Å². The fourth-order valence-electron chi connectivity index (χ4n) is 7.90. The SMILES string of the molecule is CCOC(=O)N1Cc2c(ncn2Cc2ccccc2)C[C@]1(C(=O)OC)[C@H](C[N+](=O)[O-])c1cn(C(c2ccccc2)(c2ccccc2)c2ccccc2)cn1. The third-order valence-corrected chi connectivity index (χ3v) is 10.3. The lowest BCUT2D eigenvalue weighted by molar-refractivity contribution is -0.486. The number of carbonyl (C=O) groups is 2. The lowest BCUT2D eigenvalue weighted by Crippen LogP contribution is -2.65. The van der Waals surface area contributed by atoms with Gasteiger partial charge in [0.05, 0.1) is 50.0 Å². The van der Waals surface area contributed by atoms with Gasteiger partial charge in [-0.3, -0.25) is 15.0 Å². The van der Waals surface area contributed by atoms with E-state index in [0.717, 1.165) is 22.3 Å². The molecule has 6 aromatic rings. The number of fused-ring (bicyclic) bond motifs is 1. The summed E-state index contributed by atoms with van der Waals surface area (Å²) in [4.78, 5) is 51.5. The first kappa shape index (κ1) is 35.8. The number of imidazole rings is 2. The summed E-state index contributed by atoms with van der Waals surface area (Å²) in [5, 5.41) is 12.7. The van der Waals surface area contributed by atoms with Crippen LogP contribution in [0.2, 0.25) is 0 Å². The number of rotatable bonds is 12. The van der Waals surface area contributed by atoms with Gasteiger partial charge < -0.3 is 18.6 Å². The summed E-state index contributed by atoms with van der Waals surface area (Å²) in [6.07, 6.45) is 4.08. The van der Waals surface area contributed by atoms with Gasteiger partial charge in [-0.25, -0.2) is 19.6 Å². The van der Waals surface area contributed by atoms with E-state index in [4.69, 9.17) is 19.4 Å². The monoisotopic (exact) mass is 724 g/mol. The summed E-state index contributed by atoms with van der Waals surface area (Å²) in [5.41, 5.74) is 2.28. The summed E-state index contributed by atoms with van der Waals surface area (Å²) < 4.78 is 14.9. The van der Waals surface area contributed by atoms with Crippen LogP contribution >= 0.6 is 0 Å². The average molecular weight is 725 g/mol. The van der Waals surface area contributed by atoms with Crippen molar-refractivity contribution in [3.63, 3.8) is 0 Å². The van der Waals surface area contributed by atoms with E-state index in [1.807, 2.05) is 130 Å². The lowest BCUT2D eigenvalue weighted by atomic mass is 9.74. The number of methoxy groups -OCH3 is 1. The molecule has 0 bridgehead atoms. The number of nitro groups is 1. The summed E-state index contributed by atoms with van der Waals surface area (Å²) in [5.74, 6) is -2.11. The van der Waals surface area contributed by atoms with Crippen LogP contribution in [0.4, 0.5) is 4.79 Å². The van der Waals surface area contributed by atoms with E-state index in [2.05, 4.69) is 0 Å². The van der Waals surface area contributed by atoms with Crippen molar-refractivity contribution >= 4 is 12.1 Å². The van der Waals surface area contributed by atoms with Gasteiger partial charge in [-0.05, 0) is 29.2 Å². The number of amides is 1. The van der Waals surface area contributed by atoms with E-state index < -0.39 is 40.5 Å². The quantitative estimate of drug-likeness (QED) is 0.0608. The molecule has 0 aliphatic carbocycles. The Bertz CT molecular complexity index is 2130. The maximum atomic E-state index is 14.4. The summed E-state index contributed by atoms with van der Waals surface area (Å²) in [6.45, 7) is 1.31. The zero-order valence-corrected chi connectivity index (χ0v) is 30.0. The highest BCUT2D eigenvalue weighted by atomic mass is 16.6. The third kappa shape index (κ3) is 6.29. The minimum Gasteiger partial charge on any atom is -0.467 e. The first-order valence-corrected chi connectivity index (χ1v) is 17.7. The average Bonchev–Trinajstić information content (AvgIpc) is 3.85. The van der Waals surface area contributed by atoms with Crippen LogP contribution in [0.1, 0.15) is 52.2 Å². The fraction of sp³-hybridized carbons (Fsp3) is 0.238. The smallest absolute Gasteiger partial charge is 0.411 e. The van der Waals surface area contributed by atoms with Crippen LogP contribution in [0.3, 0.4) is 0 Å². The highest BCUT2D eigenvalue weighted by molar-refractivity contribution is 5.88. The van der Waals surface area contributed by atoms with Crippen LogP contribution in [0.25, 0.3) is 0 Å². The highest BCUT2D eigenvalue weighted by Crippen LogP contribution is 2.45. The van der Waals surface area contributed by atoms with E-state index in [1.165, 1.54) is 12.0 Å². The second-order valence-electron chi connectivity index (χ2n) is 13.2. The van der Waals surface area contributed by atoms with E-state index in [9.17, 15) is 19.7 Å². The molecule has 2 aromatic heterocycles. The zero-order valence-electron chi connectivity index (χ0n) is 30.0. The maximum absolute atomic E-state index is 14.4. The van der Waals surface area contributed by atoms with E-state index in [-0.39, 0.29) is 25.3 Å². The van der Waals surface area contributed by atoms with Crippen LogP contribution in [-0.2, 0) is 39.3 Å². The molecule has 1 aliphatic heterocycles. The standard InChI is InChI=1S/C42H40N6O6/c1-3-54-40(50)47-28-38-36(43-29-45(38)25-31-16-8-4-9-17-31)24-41(47,39(49)53-2)35(26-48(51)52)37-27-46(30-44-37)42(32-18-10-5-11-19-32,33-20-12-6-13-21-33)34-22-14-7-15-23-34/h4-23,27,29-30,35H,3,24-26,28H2,1-2H3/t35-,41-/m1/s1. The van der Waals surface area contributed by atoms with Crippen molar-refractivity contribution in [2.45, 2.75) is 43.4 Å². The van der Waals surface area contributed by atoms with Gasteiger partial charge in [-0.1, -0.05) is 121 Å². The Morgan fingerprint density at radius 3 is 1.93 bits per heavy atom. The molecule has 12 nitrogen and oxygen atoms in total. The Morgan fingerprint density at radius 2 is 1.41 bits per heavy atom. The molecular formula is C42H40N6O6. The number of ether oxygens (including phenoxy) is 2. The van der Waals surface area contributed by atoms with Gasteiger partial charge in [0.25, 0.3) is 0 Å². The Kier molecular flexibility index (Phi) is 10.1. The third-order valence-electron chi connectivity index (χ3n) is 10.3. The number of nitrogens with zero attached hydrogens (tertiary/aromatic N) is 6. The fourth-order valence-corrected chi connectivity index (χ4v) is 7.90. The van der Waals surface area contributed by atoms with Crippen molar-refractivity contribution < 1.29 is 24.0 Å². The predicted molar refractivity (Wildman–Crippen MR) is 200 cm³/mol. The Hall–Kier alpha value is -6.56. The van der Waals surface area contributed by atoms with Crippen LogP contribution in [0.5, 0.6) is 0 Å². The number of benzene rings is 4. The molecule has 0 unspecified atom stereocenters. The Morgan fingerprint density at radius 1 is 0.852 bits per heavy atom. The van der Waals surface area contributed by atoms with Crippen molar-refractivity contribution in [1.82, 2.24) is 24.0 Å². The largest absolute Gasteiger partial charge is 0.467 e. The summed E-state index contributed by atoms with van der Waals surface area (Å²) in [6, 6.07) is 39.6. The number of carbonyl (C=O) groups excluding carboxylic acids is 2. The molecule has 1 aliphatic rings. The van der Waals surface area contributed by atoms with Crippen LogP contribution in [0.15, 0.2) is 140 Å². The number of hydrogen-bond donors (Lipinski definition) is 0. The van der Waals surface area contributed by atoms with Crippen molar-refractivity contribution in [2.24, 2.45) is 0 Å². The first-order chi connectivity index (χ1) is 26.3. The molecule has 1 amide bonds. The van der Waals surface area contributed by atoms with E-state index >= 15 is 0 Å². The second-order valence-corrected chi connectivity index (χ2v) is 13.2. The normalized spacial score (nSPS) is 15.9. The zero-order chi connectivity index (χ0) is 37.7. The molecule has 0 spiro atoms. The Balaban J connectivity index is 1.43. The molecule has 0 fully saturated rings. The van der Waals surface area contributed by atoms with Crippen molar-refractivity contribution in [3.8, 4) is 0 Å². The molecule has 0 radical (unpaired) electrons. The Labute approximate surface area is 312 Å². The molecular weight excluding hydrogens is 684 g/mol. The van der Waals surface area contributed by atoms with Gasteiger partial charge in [0.2, 0.25) is 6.54 Å². The molecule has 274 valence electrons. The molecule has 2 atom stereocenters. The number of aromatic nitrogens is 4. The summed E-state index contributed by atoms with van der Waals surface area (Å²) in [7, 11) is 1.21. The van der Waals surface area contributed by atoms with Crippen LogP contribution in [-0.4, -0.2) is 66.8 Å². The second kappa shape index (κ2) is 15.2. The van der Waals surface area contributed by atoms with Crippen LogP contribution < -0.4 is 0 Å². The van der Waals surface area contributed by atoms with Crippen LogP contribution in [0, 0.1) is 10.1 Å². The molecule has 7 rings (SSSR count). The molecule has 0 saturated carbocycles. The van der Waals surface area contributed by atoms with E-state index in [1.54, 1.807) is 25.8 Å². The molecule has 3 heterocycles. The number of hydrogen-bond acceptors (Lipinski definition) is 8. The van der Waals surface area contributed by atoms with Gasteiger partial charge in [0.1, 0.15) is 11.5 Å².